The van der Waals surface area contributed by atoms with E-state index in [0.717, 1.165) is 12.3 Å². The summed E-state index contributed by atoms with van der Waals surface area (Å²) in [5.74, 6) is 1.49. The molecule has 2 aliphatic rings. The zero-order valence-corrected chi connectivity index (χ0v) is 10.4. The van der Waals surface area contributed by atoms with Crippen molar-refractivity contribution in [2.75, 3.05) is 0 Å². The Kier molecular flexibility index (Phi) is 3.19. The summed E-state index contributed by atoms with van der Waals surface area (Å²) in [6, 6.07) is 8.46. The second-order valence-corrected chi connectivity index (χ2v) is 5.82. The summed E-state index contributed by atoms with van der Waals surface area (Å²) < 4.78 is 0. The number of rotatable bonds is 3. The summed E-state index contributed by atoms with van der Waals surface area (Å²) in [5.41, 5.74) is 2.57. The van der Waals surface area contributed by atoms with Crippen molar-refractivity contribution >= 4 is 0 Å². The van der Waals surface area contributed by atoms with Crippen LogP contribution in [0.5, 0.6) is 0 Å². The molecular weight excluding hydrogens is 208 g/mol. The fraction of sp³-hybridized carbons (Fsp3) is 0.625. The third-order valence-corrected chi connectivity index (χ3v) is 4.48. The Morgan fingerprint density at radius 2 is 1.88 bits per heavy atom. The highest BCUT2D eigenvalue weighted by molar-refractivity contribution is 5.30. The van der Waals surface area contributed by atoms with Crippen LogP contribution in [0.1, 0.15) is 55.8 Å². The number of aliphatic hydroxyl groups is 1. The molecule has 0 aromatic heterocycles. The molecule has 92 valence electrons. The number of fused-ring (bicyclic) bond motifs is 1. The fourth-order valence-electron chi connectivity index (χ4n) is 3.18. The Bertz CT molecular complexity index is 381. The molecule has 1 aromatic rings. The molecule has 17 heavy (non-hydrogen) atoms. The van der Waals surface area contributed by atoms with E-state index in [9.17, 15) is 5.11 Å². The maximum Gasteiger partial charge on any atom is 0.0820 e. The molecule has 0 amide bonds. The first-order chi connectivity index (χ1) is 8.34. The summed E-state index contributed by atoms with van der Waals surface area (Å²) in [6.45, 7) is 0. The second kappa shape index (κ2) is 4.81. The van der Waals surface area contributed by atoms with Crippen LogP contribution in [0.15, 0.2) is 24.3 Å². The molecule has 0 bridgehead atoms. The van der Waals surface area contributed by atoms with Crippen LogP contribution in [-0.4, -0.2) is 5.11 Å². The molecule has 2 unspecified atom stereocenters. The van der Waals surface area contributed by atoms with Gasteiger partial charge in [0, 0.05) is 0 Å². The molecule has 0 heterocycles. The van der Waals surface area contributed by atoms with Gasteiger partial charge in [-0.2, -0.15) is 0 Å². The van der Waals surface area contributed by atoms with Crippen LogP contribution >= 0.6 is 0 Å². The molecule has 1 heteroatoms. The van der Waals surface area contributed by atoms with Gasteiger partial charge in [0.05, 0.1) is 6.10 Å². The molecule has 1 nitrogen and oxygen atoms in total. The Balaban J connectivity index is 1.73. The van der Waals surface area contributed by atoms with Crippen molar-refractivity contribution < 1.29 is 5.11 Å². The molecule has 1 fully saturated rings. The largest absolute Gasteiger partial charge is 0.388 e. The lowest BCUT2D eigenvalue weighted by Crippen LogP contribution is -2.12. The maximum absolute atomic E-state index is 10.5. The molecule has 2 aliphatic carbocycles. The lowest BCUT2D eigenvalue weighted by atomic mass is 9.89. The number of benzene rings is 1. The number of aryl methyl sites for hydroxylation is 1. The van der Waals surface area contributed by atoms with E-state index in [1.165, 1.54) is 49.7 Å². The molecule has 1 aromatic carbocycles. The van der Waals surface area contributed by atoms with Gasteiger partial charge in [-0.15, -0.1) is 0 Å². The van der Waals surface area contributed by atoms with Gasteiger partial charge in [0.1, 0.15) is 0 Å². The highest BCUT2D eigenvalue weighted by Gasteiger charge is 2.28. The molecule has 1 saturated carbocycles. The lowest BCUT2D eigenvalue weighted by Gasteiger charge is -2.21. The van der Waals surface area contributed by atoms with Gasteiger partial charge in [-0.3, -0.25) is 0 Å². The van der Waals surface area contributed by atoms with Crippen LogP contribution in [0.25, 0.3) is 0 Å². The van der Waals surface area contributed by atoms with E-state index in [1.807, 2.05) is 0 Å². The molecular formula is C16H22O. The van der Waals surface area contributed by atoms with Crippen LogP contribution < -0.4 is 0 Å². The van der Waals surface area contributed by atoms with Crippen molar-refractivity contribution in [2.45, 2.75) is 51.0 Å². The second-order valence-electron chi connectivity index (χ2n) is 5.82. The van der Waals surface area contributed by atoms with E-state index < -0.39 is 0 Å². The Hall–Kier alpha value is -0.820. The first kappa shape index (κ1) is 11.3. The molecule has 0 saturated heterocycles. The summed E-state index contributed by atoms with van der Waals surface area (Å²) in [6.07, 6.45) is 8.79. The van der Waals surface area contributed by atoms with Gasteiger partial charge in [-0.25, -0.2) is 0 Å². The monoisotopic (exact) mass is 230 g/mol. The van der Waals surface area contributed by atoms with Gasteiger partial charge >= 0.3 is 0 Å². The first-order valence-corrected chi connectivity index (χ1v) is 7.10. The predicted octanol–water partition coefficient (Wildman–Crippen LogP) is 3.86. The normalized spacial score (nSPS) is 28.5. The van der Waals surface area contributed by atoms with Crippen LogP contribution in [-0.2, 0) is 6.42 Å². The van der Waals surface area contributed by atoms with Gasteiger partial charge in [0.2, 0.25) is 0 Å². The third-order valence-electron chi connectivity index (χ3n) is 4.48. The summed E-state index contributed by atoms with van der Waals surface area (Å²) in [4.78, 5) is 0. The summed E-state index contributed by atoms with van der Waals surface area (Å²) >= 11 is 0. The number of hydrogen-bond acceptors (Lipinski definition) is 1. The first-order valence-electron chi connectivity index (χ1n) is 7.10. The van der Waals surface area contributed by atoms with Crippen molar-refractivity contribution in [3.05, 3.63) is 35.4 Å². The zero-order valence-electron chi connectivity index (χ0n) is 10.4. The molecule has 3 rings (SSSR count). The highest BCUT2D eigenvalue weighted by Crippen LogP contribution is 2.40. The Morgan fingerprint density at radius 3 is 2.71 bits per heavy atom. The maximum atomic E-state index is 10.5. The number of aliphatic hydroxyl groups excluding tert-OH is 1. The van der Waals surface area contributed by atoms with Crippen LogP contribution in [0.3, 0.4) is 0 Å². The topological polar surface area (TPSA) is 20.2 Å². The lowest BCUT2D eigenvalue weighted by molar-refractivity contribution is 0.0975. The fourth-order valence-corrected chi connectivity index (χ4v) is 3.18. The van der Waals surface area contributed by atoms with E-state index >= 15 is 0 Å². The molecule has 0 radical (unpaired) electrons. The Labute approximate surface area is 104 Å². The zero-order chi connectivity index (χ0) is 11.7. The van der Waals surface area contributed by atoms with Gasteiger partial charge < -0.3 is 5.11 Å². The third kappa shape index (κ3) is 2.55. The van der Waals surface area contributed by atoms with Crippen LogP contribution in [0.4, 0.5) is 0 Å². The molecule has 0 spiro atoms. The SMILES string of the molecule is OC1c2ccccc2CCCC1CCC1CC1. The summed E-state index contributed by atoms with van der Waals surface area (Å²) in [5, 5.41) is 10.5. The smallest absolute Gasteiger partial charge is 0.0820 e. The van der Waals surface area contributed by atoms with Crippen molar-refractivity contribution in [1.82, 2.24) is 0 Å². The van der Waals surface area contributed by atoms with Crippen molar-refractivity contribution in [3.8, 4) is 0 Å². The van der Waals surface area contributed by atoms with Crippen molar-refractivity contribution in [2.24, 2.45) is 11.8 Å². The van der Waals surface area contributed by atoms with Crippen molar-refractivity contribution in [3.63, 3.8) is 0 Å². The summed E-state index contributed by atoms with van der Waals surface area (Å²) in [7, 11) is 0. The van der Waals surface area contributed by atoms with E-state index in [1.54, 1.807) is 0 Å². The average molecular weight is 230 g/mol. The minimum absolute atomic E-state index is 0.215. The van der Waals surface area contributed by atoms with Crippen LogP contribution in [0, 0.1) is 11.8 Å². The quantitative estimate of drug-likeness (QED) is 0.782. The molecule has 2 atom stereocenters. The van der Waals surface area contributed by atoms with Gasteiger partial charge in [-0.05, 0) is 48.6 Å². The Morgan fingerprint density at radius 1 is 1.06 bits per heavy atom. The van der Waals surface area contributed by atoms with E-state index in [0.29, 0.717) is 5.92 Å². The van der Waals surface area contributed by atoms with E-state index in [4.69, 9.17) is 0 Å². The van der Waals surface area contributed by atoms with E-state index in [-0.39, 0.29) is 6.10 Å². The van der Waals surface area contributed by atoms with Gasteiger partial charge in [0.15, 0.2) is 0 Å². The number of hydrogen-bond donors (Lipinski definition) is 1. The highest BCUT2D eigenvalue weighted by atomic mass is 16.3. The standard InChI is InChI=1S/C16H22O/c17-16-14(11-10-12-8-9-12)6-3-5-13-4-1-2-7-15(13)16/h1-2,4,7,12,14,16-17H,3,5-6,8-11H2. The van der Waals surface area contributed by atoms with Crippen molar-refractivity contribution in [1.29, 1.82) is 0 Å². The molecule has 0 aliphatic heterocycles. The van der Waals surface area contributed by atoms with Gasteiger partial charge in [-0.1, -0.05) is 43.5 Å². The van der Waals surface area contributed by atoms with E-state index in [2.05, 4.69) is 24.3 Å². The van der Waals surface area contributed by atoms with Crippen LogP contribution in [0.2, 0.25) is 0 Å². The minimum atomic E-state index is -0.215. The molecule has 1 N–H and O–H groups in total. The van der Waals surface area contributed by atoms with Gasteiger partial charge in [0.25, 0.3) is 0 Å². The predicted molar refractivity (Wildman–Crippen MR) is 69.8 cm³/mol. The minimum Gasteiger partial charge on any atom is -0.388 e. The average Bonchev–Trinajstić information content (AvgIpc) is 3.17.